The zero-order valence-electron chi connectivity index (χ0n) is 25.3. The lowest BCUT2D eigenvalue weighted by Gasteiger charge is -2.32. The first-order chi connectivity index (χ1) is 21.5. The molecule has 44 heavy (non-hydrogen) atoms. The van der Waals surface area contributed by atoms with E-state index in [1.165, 1.54) is 9.80 Å². The predicted molar refractivity (Wildman–Crippen MR) is 164 cm³/mol. The summed E-state index contributed by atoms with van der Waals surface area (Å²) in [5.41, 5.74) is 1.40. The van der Waals surface area contributed by atoms with E-state index in [2.05, 4.69) is 20.4 Å². The maximum atomic E-state index is 13.5. The second kappa shape index (κ2) is 14.2. The van der Waals surface area contributed by atoms with Gasteiger partial charge in [-0.05, 0) is 63.3 Å². The van der Waals surface area contributed by atoms with Gasteiger partial charge in [-0.3, -0.25) is 38.8 Å². The lowest BCUT2D eigenvalue weighted by atomic mass is 9.86. The molecule has 0 radical (unpaired) electrons. The van der Waals surface area contributed by atoms with Gasteiger partial charge in [0.15, 0.2) is 0 Å². The lowest BCUT2D eigenvalue weighted by Crippen LogP contribution is -2.46. The van der Waals surface area contributed by atoms with Crippen LogP contribution < -0.4 is 10.6 Å². The number of nitrogens with zero attached hydrogens (tertiary/aromatic N) is 4. The monoisotopic (exact) mass is 606 g/mol. The SMILES string of the molecule is O=C1c2ccc3c4c(ccc(c24)C(=O)N1CCNCCCN1CCOCC1)C(=O)N(CCNCCCN1CCOCC1)C3=O. The second-order valence-electron chi connectivity index (χ2n) is 11.7. The first-order valence-corrected chi connectivity index (χ1v) is 15.9. The smallest absolute Gasteiger partial charge is 0.261 e. The summed E-state index contributed by atoms with van der Waals surface area (Å²) in [5.74, 6) is -1.59. The molecule has 0 aliphatic carbocycles. The number of benzene rings is 2. The quantitative estimate of drug-likeness (QED) is 0.234. The molecule has 0 atom stereocenters. The molecule has 2 fully saturated rings. The molecule has 6 rings (SSSR count). The Kier molecular flexibility index (Phi) is 9.95. The number of hydrogen-bond donors (Lipinski definition) is 2. The van der Waals surface area contributed by atoms with E-state index in [4.69, 9.17) is 9.47 Å². The zero-order valence-corrected chi connectivity index (χ0v) is 25.3. The second-order valence-corrected chi connectivity index (χ2v) is 11.7. The van der Waals surface area contributed by atoms with Gasteiger partial charge in [-0.25, -0.2) is 0 Å². The van der Waals surface area contributed by atoms with Gasteiger partial charge in [0, 0.05) is 85.4 Å². The normalized spacial score (nSPS) is 19.5. The molecule has 2 saturated heterocycles. The third-order valence-electron chi connectivity index (χ3n) is 8.95. The Hall–Kier alpha value is -3.26. The fraction of sp³-hybridized carbons (Fsp3) is 0.562. The highest BCUT2D eigenvalue weighted by Crippen LogP contribution is 2.37. The van der Waals surface area contributed by atoms with Gasteiger partial charge < -0.3 is 20.1 Å². The molecular weight excluding hydrogens is 564 g/mol. The Morgan fingerprint density at radius 3 is 1.18 bits per heavy atom. The molecule has 4 aliphatic heterocycles. The molecule has 0 unspecified atom stereocenters. The number of imide groups is 2. The predicted octanol–water partition coefficient (Wildman–Crippen LogP) is 0.656. The van der Waals surface area contributed by atoms with E-state index >= 15 is 0 Å². The summed E-state index contributed by atoms with van der Waals surface area (Å²) in [4.78, 5) is 61.2. The van der Waals surface area contributed by atoms with Crippen molar-refractivity contribution in [3.05, 3.63) is 46.5 Å². The van der Waals surface area contributed by atoms with E-state index in [0.717, 1.165) is 91.6 Å². The number of carbonyl (C=O) groups excluding carboxylic acids is 4. The Balaban J connectivity index is 1.05. The number of amides is 4. The third-order valence-corrected chi connectivity index (χ3v) is 8.95. The van der Waals surface area contributed by atoms with E-state index < -0.39 is 23.6 Å². The summed E-state index contributed by atoms with van der Waals surface area (Å²) < 4.78 is 10.8. The van der Waals surface area contributed by atoms with Gasteiger partial charge in [0.05, 0.1) is 26.4 Å². The van der Waals surface area contributed by atoms with Gasteiger partial charge >= 0.3 is 0 Å². The van der Waals surface area contributed by atoms with Crippen LogP contribution in [0, 0.1) is 0 Å². The van der Waals surface area contributed by atoms with Crippen LogP contribution in [0.4, 0.5) is 0 Å². The zero-order chi connectivity index (χ0) is 30.5. The fourth-order valence-corrected chi connectivity index (χ4v) is 6.52. The first kappa shape index (κ1) is 30.8. The molecule has 2 aromatic carbocycles. The average molecular weight is 607 g/mol. The molecule has 12 heteroatoms. The van der Waals surface area contributed by atoms with Gasteiger partial charge in [-0.1, -0.05) is 0 Å². The lowest BCUT2D eigenvalue weighted by molar-refractivity contribution is 0.0374. The molecule has 0 bridgehead atoms. The molecule has 2 N–H and O–H groups in total. The highest BCUT2D eigenvalue weighted by atomic mass is 16.5. The summed E-state index contributed by atoms with van der Waals surface area (Å²) in [5, 5.41) is 7.51. The van der Waals surface area contributed by atoms with Crippen molar-refractivity contribution in [1.29, 1.82) is 0 Å². The van der Waals surface area contributed by atoms with Crippen LogP contribution in [0.15, 0.2) is 24.3 Å². The number of nitrogens with one attached hydrogen (secondary N) is 2. The Labute approximate surface area is 257 Å². The minimum absolute atomic E-state index is 0.241. The van der Waals surface area contributed by atoms with Crippen LogP contribution in [-0.2, 0) is 9.47 Å². The minimum atomic E-state index is -0.398. The van der Waals surface area contributed by atoms with Crippen molar-refractivity contribution >= 4 is 34.4 Å². The largest absolute Gasteiger partial charge is 0.379 e. The van der Waals surface area contributed by atoms with Crippen LogP contribution in [0.3, 0.4) is 0 Å². The van der Waals surface area contributed by atoms with Crippen molar-refractivity contribution in [2.45, 2.75) is 12.8 Å². The van der Waals surface area contributed by atoms with Gasteiger partial charge in [0.25, 0.3) is 23.6 Å². The van der Waals surface area contributed by atoms with Crippen LogP contribution in [0.5, 0.6) is 0 Å². The van der Waals surface area contributed by atoms with E-state index in [1.54, 1.807) is 24.3 Å². The Morgan fingerprint density at radius 2 is 0.841 bits per heavy atom. The summed E-state index contributed by atoms with van der Waals surface area (Å²) in [6, 6.07) is 6.49. The Morgan fingerprint density at radius 1 is 0.500 bits per heavy atom. The van der Waals surface area contributed by atoms with Crippen molar-refractivity contribution in [2.75, 3.05) is 105 Å². The van der Waals surface area contributed by atoms with Crippen LogP contribution >= 0.6 is 0 Å². The fourth-order valence-electron chi connectivity index (χ4n) is 6.52. The number of rotatable bonds is 14. The average Bonchev–Trinajstić information content (AvgIpc) is 3.05. The van der Waals surface area contributed by atoms with Crippen LogP contribution in [0.2, 0.25) is 0 Å². The molecule has 0 saturated carbocycles. The molecular formula is C32H42N6O6. The van der Waals surface area contributed by atoms with Crippen molar-refractivity contribution in [3.8, 4) is 0 Å². The minimum Gasteiger partial charge on any atom is -0.379 e. The molecule has 0 aromatic heterocycles. The summed E-state index contributed by atoms with van der Waals surface area (Å²) in [6.45, 7) is 11.9. The first-order valence-electron chi connectivity index (χ1n) is 15.9. The number of morpholine rings is 2. The Bertz CT molecular complexity index is 1230. The summed E-state index contributed by atoms with van der Waals surface area (Å²) in [6.07, 6.45) is 1.94. The number of hydrogen-bond acceptors (Lipinski definition) is 10. The van der Waals surface area contributed by atoms with E-state index in [-0.39, 0.29) is 13.1 Å². The van der Waals surface area contributed by atoms with Gasteiger partial charge in [-0.2, -0.15) is 0 Å². The standard InChI is InChI=1S/C32H42N6O6/c39-29-23-3-5-25-28-26(32(42)38(31(25)41)14-10-34-8-2-12-36-17-21-44-22-18-36)6-4-24(27(23)28)30(40)37(29)13-9-33-7-1-11-35-15-19-43-20-16-35/h3-6,33-34H,1-2,7-22H2. The van der Waals surface area contributed by atoms with Gasteiger partial charge in [-0.15, -0.1) is 0 Å². The maximum absolute atomic E-state index is 13.5. The van der Waals surface area contributed by atoms with Crippen molar-refractivity contribution in [2.24, 2.45) is 0 Å². The molecule has 0 spiro atoms. The van der Waals surface area contributed by atoms with Crippen LogP contribution in [0.25, 0.3) is 10.8 Å². The van der Waals surface area contributed by atoms with Gasteiger partial charge in [0.1, 0.15) is 0 Å². The van der Waals surface area contributed by atoms with Crippen LogP contribution in [0.1, 0.15) is 54.3 Å². The molecule has 2 aromatic rings. The molecule has 12 nitrogen and oxygen atoms in total. The van der Waals surface area contributed by atoms with Gasteiger partial charge in [0.2, 0.25) is 0 Å². The maximum Gasteiger partial charge on any atom is 0.261 e. The number of ether oxygens (including phenoxy) is 2. The molecule has 236 valence electrons. The highest BCUT2D eigenvalue weighted by Gasteiger charge is 2.39. The molecule has 4 aliphatic rings. The van der Waals surface area contributed by atoms with E-state index in [1.807, 2.05) is 0 Å². The summed E-state index contributed by atoms with van der Waals surface area (Å²) in [7, 11) is 0. The molecule has 4 amide bonds. The van der Waals surface area contributed by atoms with Crippen molar-refractivity contribution < 1.29 is 28.7 Å². The van der Waals surface area contributed by atoms with Crippen LogP contribution in [-0.4, -0.2) is 148 Å². The number of carbonyl (C=O) groups is 4. The van der Waals surface area contributed by atoms with Crippen molar-refractivity contribution in [1.82, 2.24) is 30.2 Å². The van der Waals surface area contributed by atoms with E-state index in [0.29, 0.717) is 46.1 Å². The third kappa shape index (κ3) is 6.42. The summed E-state index contributed by atoms with van der Waals surface area (Å²) >= 11 is 0. The molecule has 4 heterocycles. The van der Waals surface area contributed by atoms with E-state index in [9.17, 15) is 19.2 Å². The topological polar surface area (TPSA) is 124 Å². The van der Waals surface area contributed by atoms with Crippen molar-refractivity contribution in [3.63, 3.8) is 0 Å². The highest BCUT2D eigenvalue weighted by molar-refractivity contribution is 6.33.